The van der Waals surface area contributed by atoms with Crippen LogP contribution in [0.25, 0.3) is 0 Å². The Labute approximate surface area is 314 Å². The first-order chi connectivity index (χ1) is 25.0. The number of rotatable bonds is 35. The number of unbranched alkanes of at least 4 members (excludes halogenated alkanes) is 10. The maximum Gasteiger partial charge on any atom is 0.472 e. The molecule has 0 bridgehead atoms. The summed E-state index contributed by atoms with van der Waals surface area (Å²) >= 11 is 0. The van der Waals surface area contributed by atoms with E-state index in [4.69, 9.17) is 19.1 Å². The van der Waals surface area contributed by atoms with E-state index in [9.17, 15) is 29.3 Å². The van der Waals surface area contributed by atoms with Gasteiger partial charge in [-0.1, -0.05) is 140 Å². The predicted molar refractivity (Wildman–Crippen MR) is 206 cm³/mol. The molecule has 1 unspecified atom stereocenters. The molecule has 52 heavy (non-hydrogen) atoms. The van der Waals surface area contributed by atoms with E-state index in [-0.39, 0.29) is 19.4 Å². The Balaban J connectivity index is 4.52. The number of aliphatic hydroxyl groups excluding tert-OH is 3. The number of esters is 2. The van der Waals surface area contributed by atoms with Crippen molar-refractivity contribution in [2.24, 2.45) is 5.92 Å². The molecular weight excluding hydrogens is 687 g/mol. The predicted octanol–water partition coefficient (Wildman–Crippen LogP) is 8.60. The Hall–Kier alpha value is -2.11. The van der Waals surface area contributed by atoms with Crippen molar-refractivity contribution in [1.29, 1.82) is 0 Å². The highest BCUT2D eigenvalue weighted by atomic mass is 31.2. The molecule has 0 aliphatic rings. The van der Waals surface area contributed by atoms with Crippen LogP contribution in [0.2, 0.25) is 0 Å². The van der Waals surface area contributed by atoms with E-state index in [2.05, 4.69) is 37.4 Å². The van der Waals surface area contributed by atoms with Crippen LogP contribution in [-0.4, -0.2) is 76.9 Å². The molecule has 0 amide bonds. The molecule has 0 spiro atoms. The molecule has 11 nitrogen and oxygen atoms in total. The first-order valence-electron chi connectivity index (χ1n) is 19.6. The van der Waals surface area contributed by atoms with Crippen LogP contribution in [-0.2, 0) is 32.7 Å². The highest BCUT2D eigenvalue weighted by molar-refractivity contribution is 7.47. The van der Waals surface area contributed by atoms with E-state index >= 15 is 0 Å². The maximum atomic E-state index is 12.5. The van der Waals surface area contributed by atoms with Crippen molar-refractivity contribution in [1.82, 2.24) is 0 Å². The molecule has 0 heterocycles. The van der Waals surface area contributed by atoms with Gasteiger partial charge in [-0.15, -0.1) is 0 Å². The molecule has 0 fully saturated rings. The summed E-state index contributed by atoms with van der Waals surface area (Å²) in [5.41, 5.74) is 0. The van der Waals surface area contributed by atoms with Crippen LogP contribution >= 0.6 is 7.82 Å². The lowest BCUT2D eigenvalue weighted by Crippen LogP contribution is -2.29. The van der Waals surface area contributed by atoms with Crippen LogP contribution in [0.1, 0.15) is 143 Å². The first kappa shape index (κ1) is 49.9. The summed E-state index contributed by atoms with van der Waals surface area (Å²) in [6.07, 6.45) is 30.0. The van der Waals surface area contributed by atoms with Crippen LogP contribution < -0.4 is 0 Å². The van der Waals surface area contributed by atoms with Crippen LogP contribution in [0.15, 0.2) is 48.6 Å². The molecule has 12 heteroatoms. The summed E-state index contributed by atoms with van der Waals surface area (Å²) in [5.74, 6) is -0.269. The van der Waals surface area contributed by atoms with Crippen molar-refractivity contribution in [2.45, 2.75) is 161 Å². The van der Waals surface area contributed by atoms with Gasteiger partial charge in [0, 0.05) is 12.8 Å². The number of carbonyl (C=O) groups excluding carboxylic acids is 2. The van der Waals surface area contributed by atoms with E-state index in [0.717, 1.165) is 63.7 Å². The Kier molecular flexibility index (Phi) is 33.2. The zero-order valence-corrected chi connectivity index (χ0v) is 33.2. The van der Waals surface area contributed by atoms with Crippen LogP contribution in [0.3, 0.4) is 0 Å². The Morgan fingerprint density at radius 2 is 1.29 bits per heavy atom. The van der Waals surface area contributed by atoms with E-state index in [1.165, 1.54) is 32.1 Å². The summed E-state index contributed by atoms with van der Waals surface area (Å²) < 4.78 is 32.5. The second kappa shape index (κ2) is 34.6. The second-order valence-corrected chi connectivity index (χ2v) is 15.1. The number of aliphatic hydroxyl groups is 3. The maximum absolute atomic E-state index is 12.5. The number of phosphoric acid groups is 1. The average Bonchev–Trinajstić information content (AvgIpc) is 3.11. The van der Waals surface area contributed by atoms with E-state index in [1.54, 1.807) is 0 Å². The van der Waals surface area contributed by atoms with Crippen molar-refractivity contribution in [3.05, 3.63) is 48.6 Å². The van der Waals surface area contributed by atoms with Gasteiger partial charge in [-0.3, -0.25) is 18.6 Å². The quantitative estimate of drug-likeness (QED) is 0.0161. The highest BCUT2D eigenvalue weighted by Crippen LogP contribution is 2.43. The SMILES string of the molecule is CCCCC[C@H](O)/C=C/C=C\C/C=C\C/C=C\CCCC(=O)O[C@H](COC(=O)CCCCCCCCCCC(C)C)COP(=O)(O)OC[C@@H](O)CO. The molecule has 0 rings (SSSR count). The largest absolute Gasteiger partial charge is 0.472 e. The smallest absolute Gasteiger partial charge is 0.462 e. The summed E-state index contributed by atoms with van der Waals surface area (Å²) in [7, 11) is -4.64. The molecule has 0 saturated heterocycles. The van der Waals surface area contributed by atoms with Crippen molar-refractivity contribution in [3.8, 4) is 0 Å². The number of hydrogen-bond acceptors (Lipinski definition) is 10. The third-order valence-electron chi connectivity index (χ3n) is 8.02. The summed E-state index contributed by atoms with van der Waals surface area (Å²) in [5, 5.41) is 28.1. The van der Waals surface area contributed by atoms with Gasteiger partial charge in [0.15, 0.2) is 6.10 Å². The van der Waals surface area contributed by atoms with Crippen molar-refractivity contribution in [2.75, 3.05) is 26.4 Å². The Morgan fingerprint density at radius 1 is 0.692 bits per heavy atom. The topological polar surface area (TPSA) is 169 Å². The molecular formula is C40H71O11P. The van der Waals surface area contributed by atoms with Gasteiger partial charge in [-0.25, -0.2) is 4.57 Å². The fourth-order valence-corrected chi connectivity index (χ4v) is 5.72. The van der Waals surface area contributed by atoms with Crippen LogP contribution in [0.4, 0.5) is 0 Å². The molecule has 4 N–H and O–H groups in total. The summed E-state index contributed by atoms with van der Waals surface area (Å²) in [4.78, 5) is 34.8. The third-order valence-corrected chi connectivity index (χ3v) is 8.97. The molecule has 0 aromatic heterocycles. The van der Waals surface area contributed by atoms with Gasteiger partial charge in [0.1, 0.15) is 12.7 Å². The highest BCUT2D eigenvalue weighted by Gasteiger charge is 2.27. The zero-order valence-electron chi connectivity index (χ0n) is 32.3. The second-order valence-electron chi connectivity index (χ2n) is 13.6. The number of ether oxygens (including phenoxy) is 2. The van der Waals surface area contributed by atoms with E-state index in [0.29, 0.717) is 19.3 Å². The monoisotopic (exact) mass is 758 g/mol. The molecule has 0 radical (unpaired) electrons. The molecule has 302 valence electrons. The lowest BCUT2D eigenvalue weighted by molar-refractivity contribution is -0.161. The minimum absolute atomic E-state index is 0.0872. The number of phosphoric ester groups is 1. The normalized spacial score (nSPS) is 15.2. The fourth-order valence-electron chi connectivity index (χ4n) is 4.93. The number of allylic oxidation sites excluding steroid dienone is 7. The van der Waals surface area contributed by atoms with Crippen molar-refractivity contribution < 1.29 is 52.9 Å². The third kappa shape index (κ3) is 34.9. The van der Waals surface area contributed by atoms with Crippen LogP contribution in [0, 0.1) is 5.92 Å². The molecule has 0 aliphatic carbocycles. The van der Waals surface area contributed by atoms with Crippen molar-refractivity contribution in [3.63, 3.8) is 0 Å². The van der Waals surface area contributed by atoms with Gasteiger partial charge in [0.2, 0.25) is 0 Å². The van der Waals surface area contributed by atoms with Gasteiger partial charge in [0.05, 0.1) is 25.9 Å². The Morgan fingerprint density at radius 3 is 1.96 bits per heavy atom. The zero-order chi connectivity index (χ0) is 38.7. The van der Waals surface area contributed by atoms with Gasteiger partial charge < -0.3 is 29.7 Å². The summed E-state index contributed by atoms with van der Waals surface area (Å²) in [6, 6.07) is 0. The fraction of sp³-hybridized carbons (Fsp3) is 0.750. The first-order valence-corrected chi connectivity index (χ1v) is 21.1. The standard InChI is InChI=1S/C40H71O11P/c1-4-5-21-27-36(42)28-23-18-14-9-7-6-8-10-16-20-25-30-40(45)51-38(34-50-52(46,47)49-32-37(43)31-41)33-48-39(44)29-24-19-15-12-11-13-17-22-26-35(2)3/h6-7,10,14,16,18,23,28,35-38,41-43H,4-5,8-9,11-13,15,17,19-22,24-27,29-34H2,1-3H3,(H,46,47)/b7-6-,16-10-,18-14-,28-23+/t36-,37-,38+/m0/s1. The van der Waals surface area contributed by atoms with Gasteiger partial charge >= 0.3 is 19.8 Å². The minimum Gasteiger partial charge on any atom is -0.462 e. The number of carbonyl (C=O) groups is 2. The molecule has 0 aliphatic heterocycles. The van der Waals surface area contributed by atoms with E-state index < -0.39 is 57.9 Å². The van der Waals surface area contributed by atoms with E-state index in [1.807, 2.05) is 36.5 Å². The Bertz CT molecular complexity index is 1040. The minimum atomic E-state index is -4.64. The molecule has 0 aromatic rings. The van der Waals surface area contributed by atoms with Gasteiger partial charge in [-0.2, -0.15) is 0 Å². The van der Waals surface area contributed by atoms with Gasteiger partial charge in [-0.05, 0) is 44.4 Å². The average molecular weight is 759 g/mol. The lowest BCUT2D eigenvalue weighted by Gasteiger charge is -2.20. The lowest BCUT2D eigenvalue weighted by atomic mass is 10.0. The summed E-state index contributed by atoms with van der Waals surface area (Å²) in [6.45, 7) is 4.42. The van der Waals surface area contributed by atoms with Crippen LogP contribution in [0.5, 0.6) is 0 Å². The van der Waals surface area contributed by atoms with Crippen molar-refractivity contribution >= 4 is 19.8 Å². The molecule has 0 aromatic carbocycles. The molecule has 0 saturated carbocycles. The molecule has 4 atom stereocenters. The van der Waals surface area contributed by atoms with Gasteiger partial charge in [0.25, 0.3) is 0 Å². The number of hydrogen-bond donors (Lipinski definition) is 4.